The molecule has 1 aliphatic heterocycles. The monoisotopic (exact) mass is 162 g/mol. The van der Waals surface area contributed by atoms with Crippen molar-refractivity contribution in [1.29, 1.82) is 0 Å². The molecule has 0 saturated heterocycles. The van der Waals surface area contributed by atoms with Crippen molar-refractivity contribution in [2.45, 2.75) is 26.9 Å². The number of fused-ring (bicyclic) bond motifs is 1. The van der Waals surface area contributed by atoms with E-state index in [-0.39, 0.29) is 0 Å². The van der Waals surface area contributed by atoms with Gasteiger partial charge in [0.25, 0.3) is 0 Å². The molecular weight excluding hydrogens is 148 g/mol. The van der Waals surface area contributed by atoms with Crippen LogP contribution in [-0.4, -0.2) is 6.61 Å². The van der Waals surface area contributed by atoms with E-state index >= 15 is 0 Å². The molecule has 0 aliphatic carbocycles. The quantitative estimate of drug-likeness (QED) is 0.569. The van der Waals surface area contributed by atoms with Crippen LogP contribution in [0.5, 0.6) is 0 Å². The molecule has 0 N–H and O–H groups in total. The molecule has 1 heteroatoms. The van der Waals surface area contributed by atoms with Crippen LogP contribution in [0.2, 0.25) is 0 Å². The molecule has 1 aromatic carbocycles. The summed E-state index contributed by atoms with van der Waals surface area (Å²) >= 11 is 0. The largest absolute Gasteiger partial charge is 0.376 e. The third-order valence-corrected chi connectivity index (χ3v) is 2.47. The average molecular weight is 162 g/mol. The summed E-state index contributed by atoms with van der Waals surface area (Å²) in [5.74, 6) is 0. The summed E-state index contributed by atoms with van der Waals surface area (Å²) in [5.41, 5.74) is 5.64. The fourth-order valence-electron chi connectivity index (χ4n) is 1.87. The predicted molar refractivity (Wildman–Crippen MR) is 49.3 cm³/mol. The van der Waals surface area contributed by atoms with Crippen LogP contribution < -0.4 is 0 Å². The van der Waals surface area contributed by atoms with Gasteiger partial charge in [0.05, 0.1) is 13.2 Å². The lowest BCUT2D eigenvalue weighted by atomic mass is 9.96. The number of benzene rings is 1. The molecule has 0 unspecified atom stereocenters. The Hall–Kier alpha value is -0.820. The molecule has 0 amide bonds. The van der Waals surface area contributed by atoms with Gasteiger partial charge in [-0.25, -0.2) is 0 Å². The second-order valence-electron chi connectivity index (χ2n) is 3.52. The number of rotatable bonds is 0. The van der Waals surface area contributed by atoms with Gasteiger partial charge < -0.3 is 4.74 Å². The lowest BCUT2D eigenvalue weighted by Gasteiger charge is -2.19. The van der Waals surface area contributed by atoms with Crippen molar-refractivity contribution in [3.63, 3.8) is 0 Å². The highest BCUT2D eigenvalue weighted by Gasteiger charge is 2.11. The van der Waals surface area contributed by atoms with Gasteiger partial charge >= 0.3 is 0 Å². The standard InChI is InChI=1S/C11H14O/c1-8-5-9(2)11-7-12-4-3-10(11)6-8/h5-6H,3-4,7H2,1-2H3. The molecule has 0 atom stereocenters. The van der Waals surface area contributed by atoms with Crippen molar-refractivity contribution >= 4 is 0 Å². The Morgan fingerprint density at radius 3 is 2.92 bits per heavy atom. The maximum atomic E-state index is 5.42. The van der Waals surface area contributed by atoms with Gasteiger partial charge in [-0.15, -0.1) is 0 Å². The molecule has 0 saturated carbocycles. The van der Waals surface area contributed by atoms with Crippen LogP contribution in [0.1, 0.15) is 22.3 Å². The predicted octanol–water partition coefficient (Wildman–Crippen LogP) is 2.38. The first-order valence-corrected chi connectivity index (χ1v) is 4.44. The SMILES string of the molecule is Cc1cc(C)c2c(c1)CCOC2. The average Bonchev–Trinajstić information content (AvgIpc) is 2.04. The molecule has 1 aliphatic rings. The summed E-state index contributed by atoms with van der Waals surface area (Å²) in [7, 11) is 0. The molecule has 1 nitrogen and oxygen atoms in total. The molecule has 0 bridgehead atoms. The van der Waals surface area contributed by atoms with Crippen molar-refractivity contribution in [2.75, 3.05) is 6.61 Å². The molecule has 0 fully saturated rings. The van der Waals surface area contributed by atoms with Crippen molar-refractivity contribution in [3.05, 3.63) is 34.4 Å². The van der Waals surface area contributed by atoms with Crippen molar-refractivity contribution in [1.82, 2.24) is 0 Å². The lowest BCUT2D eigenvalue weighted by Crippen LogP contribution is -2.11. The van der Waals surface area contributed by atoms with Crippen molar-refractivity contribution in [3.8, 4) is 0 Å². The van der Waals surface area contributed by atoms with Crippen LogP contribution in [0.25, 0.3) is 0 Å². The van der Waals surface area contributed by atoms with E-state index in [1.807, 2.05) is 0 Å². The van der Waals surface area contributed by atoms with Gasteiger partial charge in [0.2, 0.25) is 0 Å². The first-order chi connectivity index (χ1) is 5.77. The molecule has 1 heterocycles. The maximum absolute atomic E-state index is 5.42. The Labute approximate surface area is 73.4 Å². The first kappa shape index (κ1) is 7.81. The molecule has 64 valence electrons. The Balaban J connectivity index is 2.53. The van der Waals surface area contributed by atoms with Crippen LogP contribution in [0.3, 0.4) is 0 Å². The summed E-state index contributed by atoms with van der Waals surface area (Å²) < 4.78 is 5.42. The van der Waals surface area contributed by atoms with Gasteiger partial charge in [0.1, 0.15) is 0 Å². The summed E-state index contributed by atoms with van der Waals surface area (Å²) in [6.07, 6.45) is 1.08. The number of hydrogen-bond donors (Lipinski definition) is 0. The molecule has 2 rings (SSSR count). The highest BCUT2D eigenvalue weighted by molar-refractivity contribution is 5.38. The summed E-state index contributed by atoms with van der Waals surface area (Å²) in [4.78, 5) is 0. The van der Waals surface area contributed by atoms with Crippen LogP contribution in [0.15, 0.2) is 12.1 Å². The van der Waals surface area contributed by atoms with Crippen molar-refractivity contribution < 1.29 is 4.74 Å². The lowest BCUT2D eigenvalue weighted by molar-refractivity contribution is 0.110. The second kappa shape index (κ2) is 2.91. The van der Waals surface area contributed by atoms with Gasteiger partial charge in [0.15, 0.2) is 0 Å². The summed E-state index contributed by atoms with van der Waals surface area (Å²) in [6, 6.07) is 4.51. The highest BCUT2D eigenvalue weighted by Crippen LogP contribution is 2.21. The minimum Gasteiger partial charge on any atom is -0.376 e. The topological polar surface area (TPSA) is 9.23 Å². The Morgan fingerprint density at radius 1 is 1.25 bits per heavy atom. The van der Waals surface area contributed by atoms with Crippen LogP contribution in [0.4, 0.5) is 0 Å². The Morgan fingerprint density at radius 2 is 2.08 bits per heavy atom. The van der Waals surface area contributed by atoms with Gasteiger partial charge in [-0.2, -0.15) is 0 Å². The van der Waals surface area contributed by atoms with Crippen LogP contribution >= 0.6 is 0 Å². The smallest absolute Gasteiger partial charge is 0.0722 e. The number of ether oxygens (including phenoxy) is 1. The Kier molecular flexibility index (Phi) is 1.89. The Bertz CT molecular complexity index is 302. The minimum absolute atomic E-state index is 0.807. The zero-order chi connectivity index (χ0) is 8.55. The van der Waals surface area contributed by atoms with E-state index in [2.05, 4.69) is 26.0 Å². The van der Waals surface area contributed by atoms with E-state index in [0.29, 0.717) is 0 Å². The molecule has 1 aromatic rings. The zero-order valence-electron chi connectivity index (χ0n) is 7.68. The molecular formula is C11H14O. The van der Waals surface area contributed by atoms with E-state index < -0.39 is 0 Å². The maximum Gasteiger partial charge on any atom is 0.0722 e. The molecule has 12 heavy (non-hydrogen) atoms. The summed E-state index contributed by atoms with van der Waals surface area (Å²) in [6.45, 7) is 6.01. The molecule has 0 spiro atoms. The van der Waals surface area contributed by atoms with Crippen molar-refractivity contribution in [2.24, 2.45) is 0 Å². The van der Waals surface area contributed by atoms with Gasteiger partial charge in [-0.3, -0.25) is 0 Å². The van der Waals surface area contributed by atoms with E-state index in [1.54, 1.807) is 0 Å². The van der Waals surface area contributed by atoms with Crippen LogP contribution in [-0.2, 0) is 17.8 Å². The first-order valence-electron chi connectivity index (χ1n) is 4.44. The summed E-state index contributed by atoms with van der Waals surface area (Å²) in [5, 5.41) is 0. The second-order valence-corrected chi connectivity index (χ2v) is 3.52. The molecule has 0 radical (unpaired) electrons. The zero-order valence-corrected chi connectivity index (χ0v) is 7.68. The van der Waals surface area contributed by atoms with E-state index in [0.717, 1.165) is 19.6 Å². The van der Waals surface area contributed by atoms with Gasteiger partial charge in [-0.05, 0) is 37.0 Å². The third kappa shape index (κ3) is 1.25. The number of aryl methyl sites for hydroxylation is 2. The third-order valence-electron chi connectivity index (χ3n) is 2.47. The number of hydrogen-bond acceptors (Lipinski definition) is 1. The highest BCUT2D eigenvalue weighted by atomic mass is 16.5. The van der Waals surface area contributed by atoms with E-state index in [9.17, 15) is 0 Å². The van der Waals surface area contributed by atoms with E-state index in [1.165, 1.54) is 22.3 Å². The van der Waals surface area contributed by atoms with Gasteiger partial charge in [0, 0.05) is 0 Å². The fourth-order valence-corrected chi connectivity index (χ4v) is 1.87. The normalized spacial score (nSPS) is 15.8. The fraction of sp³-hybridized carbons (Fsp3) is 0.455. The van der Waals surface area contributed by atoms with Gasteiger partial charge in [-0.1, -0.05) is 17.7 Å². The molecule has 0 aromatic heterocycles. The minimum atomic E-state index is 0.807. The van der Waals surface area contributed by atoms with Crippen LogP contribution in [0, 0.1) is 13.8 Å². The van der Waals surface area contributed by atoms with E-state index in [4.69, 9.17) is 4.74 Å².